The molecular formula is C33H24N4O. The Labute approximate surface area is 219 Å². The van der Waals surface area contributed by atoms with E-state index in [9.17, 15) is 0 Å². The maximum absolute atomic E-state index is 6.27. The predicted octanol–water partition coefficient (Wildman–Crippen LogP) is 7.93. The van der Waals surface area contributed by atoms with Crippen LogP contribution in [-0.4, -0.2) is 19.5 Å². The molecule has 0 saturated carbocycles. The third-order valence-electron chi connectivity index (χ3n) is 7.66. The van der Waals surface area contributed by atoms with Gasteiger partial charge in [0.25, 0.3) is 0 Å². The molecule has 0 atom stereocenters. The van der Waals surface area contributed by atoms with Crippen molar-refractivity contribution in [3.8, 4) is 28.7 Å². The number of nitrogens with zero attached hydrogens (tertiary/aromatic N) is 4. The average molecular weight is 493 g/mol. The van der Waals surface area contributed by atoms with Gasteiger partial charge in [-0.15, -0.1) is 0 Å². The molecule has 0 bridgehead atoms. The second kappa shape index (κ2) is 8.38. The highest BCUT2D eigenvalue weighted by molar-refractivity contribution is 6.20. The molecule has 0 radical (unpaired) electrons. The van der Waals surface area contributed by atoms with Crippen LogP contribution in [0.4, 0.5) is 0 Å². The number of fused-ring (bicyclic) bond motifs is 7. The zero-order valence-corrected chi connectivity index (χ0v) is 20.8. The van der Waals surface area contributed by atoms with E-state index in [2.05, 4.69) is 59.2 Å². The summed E-state index contributed by atoms with van der Waals surface area (Å²) in [5.41, 5.74) is 7.61. The highest BCUT2D eigenvalue weighted by Gasteiger charge is 2.26. The molecule has 3 heterocycles. The van der Waals surface area contributed by atoms with Crippen molar-refractivity contribution in [2.24, 2.45) is 0 Å². The molecule has 0 N–H and O–H groups in total. The van der Waals surface area contributed by atoms with Crippen LogP contribution in [0.5, 0.6) is 0 Å². The first-order valence-corrected chi connectivity index (χ1v) is 13.2. The maximum atomic E-state index is 6.27. The Bertz CT molecular complexity index is 1910. The smallest absolute Gasteiger partial charge is 0.238 e. The molecule has 3 aromatic heterocycles. The molecule has 0 aliphatic heterocycles. The SMILES string of the molecule is c1ccc(-c2nc(-c3ccccc3)nc(-n3c4c(c5c6c(ccc53)oc3ccccc36)CCCC4)n2)cc1. The molecule has 182 valence electrons. The van der Waals surface area contributed by atoms with Crippen molar-refractivity contribution in [3.05, 3.63) is 108 Å². The third kappa shape index (κ3) is 3.21. The second-order valence-corrected chi connectivity index (χ2v) is 9.91. The first-order valence-electron chi connectivity index (χ1n) is 13.2. The normalized spacial score (nSPS) is 13.4. The number of aryl methyl sites for hydroxylation is 1. The zero-order valence-electron chi connectivity index (χ0n) is 20.8. The highest BCUT2D eigenvalue weighted by Crippen LogP contribution is 2.42. The number of hydrogen-bond donors (Lipinski definition) is 0. The first kappa shape index (κ1) is 21.3. The van der Waals surface area contributed by atoms with Crippen LogP contribution in [0.1, 0.15) is 24.1 Å². The molecule has 1 aliphatic carbocycles. The molecule has 5 heteroatoms. The van der Waals surface area contributed by atoms with Gasteiger partial charge >= 0.3 is 0 Å². The molecule has 38 heavy (non-hydrogen) atoms. The van der Waals surface area contributed by atoms with Crippen LogP contribution in [0.3, 0.4) is 0 Å². The Balaban J connectivity index is 1.47. The Hall–Kier alpha value is -4.77. The van der Waals surface area contributed by atoms with Crippen LogP contribution in [0.15, 0.2) is 101 Å². The summed E-state index contributed by atoms with van der Waals surface area (Å²) < 4.78 is 8.55. The molecule has 0 unspecified atom stereocenters. The number of hydrogen-bond acceptors (Lipinski definition) is 4. The Morgan fingerprint density at radius 3 is 1.97 bits per heavy atom. The summed E-state index contributed by atoms with van der Waals surface area (Å²) in [5, 5.41) is 3.62. The van der Waals surface area contributed by atoms with Gasteiger partial charge in [0.1, 0.15) is 11.2 Å². The van der Waals surface area contributed by atoms with Gasteiger partial charge in [-0.2, -0.15) is 9.97 Å². The van der Waals surface area contributed by atoms with Crippen LogP contribution < -0.4 is 0 Å². The lowest BCUT2D eigenvalue weighted by Gasteiger charge is -2.16. The minimum Gasteiger partial charge on any atom is -0.456 e. The predicted molar refractivity (Wildman–Crippen MR) is 151 cm³/mol. The molecule has 1 aliphatic rings. The average Bonchev–Trinajstić information content (AvgIpc) is 3.53. The number of aromatic nitrogens is 4. The Kier molecular flexibility index (Phi) is 4.71. The van der Waals surface area contributed by atoms with Gasteiger partial charge in [0.2, 0.25) is 5.95 Å². The van der Waals surface area contributed by atoms with E-state index < -0.39 is 0 Å². The van der Waals surface area contributed by atoms with Gasteiger partial charge in [0, 0.05) is 33.0 Å². The first-order chi connectivity index (χ1) is 18.8. The lowest BCUT2D eigenvalue weighted by Crippen LogP contribution is -2.11. The van der Waals surface area contributed by atoms with Crippen LogP contribution in [0, 0.1) is 0 Å². The van der Waals surface area contributed by atoms with Gasteiger partial charge < -0.3 is 4.42 Å². The summed E-state index contributed by atoms with van der Waals surface area (Å²) in [6, 6.07) is 32.9. The summed E-state index contributed by atoms with van der Waals surface area (Å²) in [4.78, 5) is 15.1. The highest BCUT2D eigenvalue weighted by atomic mass is 16.3. The largest absolute Gasteiger partial charge is 0.456 e. The quantitative estimate of drug-likeness (QED) is 0.251. The van der Waals surface area contributed by atoms with Crippen molar-refractivity contribution in [3.63, 3.8) is 0 Å². The van der Waals surface area contributed by atoms with Gasteiger partial charge in [0.05, 0.1) is 5.52 Å². The van der Waals surface area contributed by atoms with Crippen molar-refractivity contribution >= 4 is 32.8 Å². The topological polar surface area (TPSA) is 56.7 Å². The van der Waals surface area contributed by atoms with Crippen LogP contribution in [-0.2, 0) is 12.8 Å². The van der Waals surface area contributed by atoms with E-state index in [0.29, 0.717) is 17.6 Å². The molecule has 0 fully saturated rings. The summed E-state index contributed by atoms with van der Waals surface area (Å²) in [6.07, 6.45) is 4.37. The number of furan rings is 1. The van der Waals surface area contributed by atoms with E-state index >= 15 is 0 Å². The van der Waals surface area contributed by atoms with Crippen molar-refractivity contribution in [1.82, 2.24) is 19.5 Å². The Morgan fingerprint density at radius 2 is 1.24 bits per heavy atom. The summed E-state index contributed by atoms with van der Waals surface area (Å²) >= 11 is 0. The summed E-state index contributed by atoms with van der Waals surface area (Å²) in [5.74, 6) is 2.02. The van der Waals surface area contributed by atoms with E-state index in [1.165, 1.54) is 28.5 Å². The van der Waals surface area contributed by atoms with E-state index in [0.717, 1.165) is 52.5 Å². The van der Waals surface area contributed by atoms with Gasteiger partial charge in [-0.05, 0) is 49.4 Å². The third-order valence-corrected chi connectivity index (χ3v) is 7.66. The van der Waals surface area contributed by atoms with Crippen molar-refractivity contribution < 1.29 is 4.42 Å². The minimum absolute atomic E-state index is 0.665. The van der Waals surface area contributed by atoms with Crippen molar-refractivity contribution in [1.29, 1.82) is 0 Å². The summed E-state index contributed by atoms with van der Waals surface area (Å²) in [6.45, 7) is 0. The summed E-state index contributed by atoms with van der Waals surface area (Å²) in [7, 11) is 0. The fourth-order valence-electron chi connectivity index (χ4n) is 5.97. The van der Waals surface area contributed by atoms with E-state index in [1.807, 2.05) is 42.5 Å². The van der Waals surface area contributed by atoms with Crippen molar-refractivity contribution in [2.75, 3.05) is 0 Å². The van der Waals surface area contributed by atoms with E-state index in [-0.39, 0.29) is 0 Å². The number of rotatable bonds is 3. The molecule has 0 saturated heterocycles. The minimum atomic E-state index is 0.665. The molecule has 8 rings (SSSR count). The number of para-hydroxylation sites is 1. The lowest BCUT2D eigenvalue weighted by molar-refractivity contribution is 0.661. The number of benzene rings is 4. The second-order valence-electron chi connectivity index (χ2n) is 9.91. The molecule has 7 aromatic rings. The van der Waals surface area contributed by atoms with Crippen LogP contribution in [0.25, 0.3) is 61.6 Å². The van der Waals surface area contributed by atoms with E-state index in [4.69, 9.17) is 19.4 Å². The van der Waals surface area contributed by atoms with Gasteiger partial charge in [0.15, 0.2) is 11.6 Å². The molecular weight excluding hydrogens is 468 g/mol. The Morgan fingerprint density at radius 1 is 0.579 bits per heavy atom. The maximum Gasteiger partial charge on any atom is 0.238 e. The van der Waals surface area contributed by atoms with E-state index in [1.54, 1.807) is 0 Å². The standard InChI is InChI=1S/C33H24N4O/c1-3-11-21(12-4-1)31-34-32(22-13-5-2-6-14-22)36-33(35-31)37-25-17-9-7-15-23(25)29-26(37)19-20-28-30(29)24-16-8-10-18-27(24)38-28/h1-6,8,10-14,16,18-20H,7,9,15,17H2. The van der Waals surface area contributed by atoms with Crippen molar-refractivity contribution in [2.45, 2.75) is 25.7 Å². The zero-order chi connectivity index (χ0) is 25.1. The monoisotopic (exact) mass is 492 g/mol. The lowest BCUT2D eigenvalue weighted by atomic mass is 9.94. The van der Waals surface area contributed by atoms with Crippen LogP contribution in [0.2, 0.25) is 0 Å². The molecule has 0 amide bonds. The fraction of sp³-hybridized carbons (Fsp3) is 0.121. The van der Waals surface area contributed by atoms with Gasteiger partial charge in [-0.25, -0.2) is 4.98 Å². The molecule has 4 aromatic carbocycles. The van der Waals surface area contributed by atoms with Gasteiger partial charge in [-0.3, -0.25) is 4.57 Å². The fourth-order valence-corrected chi connectivity index (χ4v) is 5.97. The molecule has 0 spiro atoms. The van der Waals surface area contributed by atoms with Gasteiger partial charge in [-0.1, -0.05) is 78.9 Å². The molecule has 5 nitrogen and oxygen atoms in total. The van der Waals surface area contributed by atoms with Crippen LogP contribution >= 0.6 is 0 Å².